The summed E-state index contributed by atoms with van der Waals surface area (Å²) in [5.41, 5.74) is 2.48. The van der Waals surface area contributed by atoms with Crippen molar-refractivity contribution in [2.45, 2.75) is 6.18 Å². The standard InChI is InChI=1S/C11H7F3N2O3/c12-11(13,14)7-4-9(17)19-8-2-1-5(3-6(7)8)16-10(15)18/h1-4H,(H3,15,16,18). The Balaban J connectivity index is 2.72. The number of rotatable bonds is 1. The molecule has 5 nitrogen and oxygen atoms in total. The monoisotopic (exact) mass is 272 g/mol. The van der Waals surface area contributed by atoms with Gasteiger partial charge in [0.15, 0.2) is 0 Å². The molecule has 0 radical (unpaired) electrons. The fourth-order valence-corrected chi connectivity index (χ4v) is 1.62. The van der Waals surface area contributed by atoms with Crippen LogP contribution in [0.4, 0.5) is 23.7 Å². The van der Waals surface area contributed by atoms with Gasteiger partial charge in [-0.3, -0.25) is 0 Å². The van der Waals surface area contributed by atoms with Crippen molar-refractivity contribution in [2.75, 3.05) is 5.32 Å². The molecule has 3 N–H and O–H groups in total. The lowest BCUT2D eigenvalue weighted by Gasteiger charge is -2.10. The molecule has 0 saturated carbocycles. The van der Waals surface area contributed by atoms with Crippen molar-refractivity contribution in [1.29, 1.82) is 0 Å². The Morgan fingerprint density at radius 2 is 1.95 bits per heavy atom. The molecule has 0 bridgehead atoms. The van der Waals surface area contributed by atoms with Crippen LogP contribution in [-0.2, 0) is 6.18 Å². The summed E-state index contributed by atoms with van der Waals surface area (Å²) >= 11 is 0. The van der Waals surface area contributed by atoms with Gasteiger partial charge in [-0.05, 0) is 18.2 Å². The number of nitrogens with one attached hydrogen (secondary N) is 1. The molecule has 2 rings (SSSR count). The number of carbonyl (C=O) groups is 1. The molecule has 0 spiro atoms. The van der Waals surface area contributed by atoms with Crippen molar-refractivity contribution in [3.63, 3.8) is 0 Å². The number of nitrogens with two attached hydrogens (primary N) is 1. The molecule has 19 heavy (non-hydrogen) atoms. The van der Waals surface area contributed by atoms with E-state index in [4.69, 9.17) is 5.73 Å². The van der Waals surface area contributed by atoms with Crippen molar-refractivity contribution in [3.8, 4) is 0 Å². The average Bonchev–Trinajstić information content (AvgIpc) is 2.26. The van der Waals surface area contributed by atoms with E-state index in [0.29, 0.717) is 6.07 Å². The number of amides is 2. The number of hydrogen-bond acceptors (Lipinski definition) is 3. The Hall–Kier alpha value is -2.51. The van der Waals surface area contributed by atoms with E-state index >= 15 is 0 Å². The molecule has 0 fully saturated rings. The molecule has 100 valence electrons. The molecule has 1 aromatic carbocycles. The highest BCUT2D eigenvalue weighted by Gasteiger charge is 2.33. The van der Waals surface area contributed by atoms with Gasteiger partial charge in [0, 0.05) is 17.1 Å². The summed E-state index contributed by atoms with van der Waals surface area (Å²) < 4.78 is 43.1. The number of anilines is 1. The first-order valence-electron chi connectivity index (χ1n) is 4.99. The third kappa shape index (κ3) is 2.67. The SMILES string of the molecule is NC(=O)Nc1ccc2oc(=O)cc(C(F)(F)F)c2c1. The maximum absolute atomic E-state index is 12.8. The number of urea groups is 1. The minimum atomic E-state index is -4.71. The van der Waals surface area contributed by atoms with Crippen LogP contribution in [0.2, 0.25) is 0 Å². The van der Waals surface area contributed by atoms with E-state index in [1.54, 1.807) is 0 Å². The summed E-state index contributed by atoms with van der Waals surface area (Å²) in [5, 5.41) is 1.81. The number of hydrogen-bond donors (Lipinski definition) is 2. The van der Waals surface area contributed by atoms with E-state index in [2.05, 4.69) is 9.73 Å². The molecular weight excluding hydrogens is 265 g/mol. The second kappa shape index (κ2) is 4.30. The zero-order valence-corrected chi connectivity index (χ0v) is 9.25. The first-order valence-corrected chi connectivity index (χ1v) is 4.99. The lowest BCUT2D eigenvalue weighted by molar-refractivity contribution is -0.136. The van der Waals surface area contributed by atoms with Crippen LogP contribution in [0.5, 0.6) is 0 Å². The molecule has 0 unspecified atom stereocenters. The zero-order chi connectivity index (χ0) is 14.2. The first kappa shape index (κ1) is 12.9. The minimum Gasteiger partial charge on any atom is -0.423 e. The maximum atomic E-state index is 12.8. The smallest absolute Gasteiger partial charge is 0.417 e. The van der Waals surface area contributed by atoms with Crippen molar-refractivity contribution in [3.05, 3.63) is 40.2 Å². The molecule has 0 atom stereocenters. The van der Waals surface area contributed by atoms with Crippen molar-refractivity contribution >= 4 is 22.7 Å². The van der Waals surface area contributed by atoms with Crippen LogP contribution >= 0.6 is 0 Å². The molecule has 2 aromatic rings. The number of primary amides is 1. The third-order valence-corrected chi connectivity index (χ3v) is 2.32. The molecule has 1 heterocycles. The fraction of sp³-hybridized carbons (Fsp3) is 0.0909. The van der Waals surface area contributed by atoms with Crippen molar-refractivity contribution in [2.24, 2.45) is 5.73 Å². The summed E-state index contributed by atoms with van der Waals surface area (Å²) in [6, 6.07) is 2.90. The first-order chi connectivity index (χ1) is 8.77. The number of fused-ring (bicyclic) bond motifs is 1. The van der Waals surface area contributed by atoms with Gasteiger partial charge >= 0.3 is 17.8 Å². The van der Waals surface area contributed by atoms with Gasteiger partial charge in [0.25, 0.3) is 0 Å². The quantitative estimate of drug-likeness (QED) is 0.781. The molecular formula is C11H7F3N2O3. The number of carbonyl (C=O) groups excluding carboxylic acids is 1. The Bertz CT molecular complexity index is 706. The summed E-state index contributed by atoms with van der Waals surface area (Å²) in [5.74, 6) is 0. The van der Waals surface area contributed by atoms with E-state index < -0.39 is 23.4 Å². The van der Waals surface area contributed by atoms with Gasteiger partial charge in [-0.15, -0.1) is 0 Å². The Kier molecular flexibility index (Phi) is 2.93. The van der Waals surface area contributed by atoms with Crippen molar-refractivity contribution < 1.29 is 22.4 Å². The van der Waals surface area contributed by atoms with E-state index in [1.165, 1.54) is 6.07 Å². The van der Waals surface area contributed by atoms with Crippen LogP contribution in [0, 0.1) is 0 Å². The molecule has 0 aliphatic carbocycles. The van der Waals surface area contributed by atoms with Crippen LogP contribution in [0.3, 0.4) is 0 Å². The van der Waals surface area contributed by atoms with Crippen LogP contribution in [0.1, 0.15) is 5.56 Å². The van der Waals surface area contributed by atoms with Crippen LogP contribution in [0.15, 0.2) is 33.5 Å². The van der Waals surface area contributed by atoms with Gasteiger partial charge in [0.2, 0.25) is 0 Å². The highest BCUT2D eigenvalue weighted by molar-refractivity contribution is 5.92. The Morgan fingerprint density at radius 3 is 2.53 bits per heavy atom. The largest absolute Gasteiger partial charge is 0.423 e. The molecule has 2 amide bonds. The summed E-state index contributed by atoms with van der Waals surface area (Å²) in [4.78, 5) is 21.7. The van der Waals surface area contributed by atoms with Crippen molar-refractivity contribution in [1.82, 2.24) is 0 Å². The van der Waals surface area contributed by atoms with Gasteiger partial charge in [-0.2, -0.15) is 13.2 Å². The van der Waals surface area contributed by atoms with E-state index in [-0.39, 0.29) is 16.7 Å². The lowest BCUT2D eigenvalue weighted by atomic mass is 10.1. The van der Waals surface area contributed by atoms with E-state index in [0.717, 1.165) is 12.1 Å². The Labute approximate surface area is 103 Å². The second-order valence-electron chi connectivity index (χ2n) is 3.68. The average molecular weight is 272 g/mol. The number of benzene rings is 1. The fourth-order valence-electron chi connectivity index (χ4n) is 1.62. The van der Waals surface area contributed by atoms with Crippen LogP contribution in [0.25, 0.3) is 11.0 Å². The topological polar surface area (TPSA) is 85.3 Å². The van der Waals surface area contributed by atoms with Gasteiger partial charge < -0.3 is 15.5 Å². The third-order valence-electron chi connectivity index (χ3n) is 2.32. The number of alkyl halides is 3. The predicted molar refractivity (Wildman–Crippen MR) is 60.7 cm³/mol. The van der Waals surface area contributed by atoms with Crippen LogP contribution in [-0.4, -0.2) is 6.03 Å². The molecule has 0 aliphatic heterocycles. The molecule has 1 aromatic heterocycles. The highest BCUT2D eigenvalue weighted by Crippen LogP contribution is 2.34. The van der Waals surface area contributed by atoms with Gasteiger partial charge in [-0.1, -0.05) is 0 Å². The number of halogens is 3. The predicted octanol–water partition coefficient (Wildman–Crippen LogP) is 2.30. The van der Waals surface area contributed by atoms with Gasteiger partial charge in [-0.25, -0.2) is 9.59 Å². The van der Waals surface area contributed by atoms with Gasteiger partial charge in [0.05, 0.1) is 5.56 Å². The minimum absolute atomic E-state index is 0.0688. The van der Waals surface area contributed by atoms with E-state index in [9.17, 15) is 22.8 Å². The lowest BCUT2D eigenvalue weighted by Crippen LogP contribution is -2.19. The Morgan fingerprint density at radius 1 is 1.26 bits per heavy atom. The summed E-state index contributed by atoms with van der Waals surface area (Å²) in [7, 11) is 0. The molecule has 8 heteroatoms. The molecule has 0 saturated heterocycles. The second-order valence-corrected chi connectivity index (χ2v) is 3.68. The summed E-state index contributed by atoms with van der Waals surface area (Å²) in [6.45, 7) is 0. The van der Waals surface area contributed by atoms with E-state index in [1.807, 2.05) is 0 Å². The van der Waals surface area contributed by atoms with Gasteiger partial charge in [0.1, 0.15) is 5.58 Å². The molecule has 0 aliphatic rings. The zero-order valence-electron chi connectivity index (χ0n) is 9.25. The maximum Gasteiger partial charge on any atom is 0.417 e. The highest BCUT2D eigenvalue weighted by atomic mass is 19.4. The summed E-state index contributed by atoms with van der Waals surface area (Å²) in [6.07, 6.45) is -4.71. The normalized spacial score (nSPS) is 11.5. The van der Waals surface area contributed by atoms with Crippen LogP contribution < -0.4 is 16.7 Å².